The van der Waals surface area contributed by atoms with Crippen LogP contribution in [-0.4, -0.2) is 36.9 Å². The molecule has 0 radical (unpaired) electrons. The SMILES string of the molecule is CCCN(CC(=O)NC)C(=O)c1ccc(Br)cc1N. The van der Waals surface area contributed by atoms with Crippen LogP contribution in [0.15, 0.2) is 22.7 Å². The van der Waals surface area contributed by atoms with Crippen LogP contribution in [0.25, 0.3) is 0 Å². The van der Waals surface area contributed by atoms with Crippen LogP contribution in [0, 0.1) is 0 Å². The molecule has 104 valence electrons. The molecule has 0 saturated heterocycles. The maximum absolute atomic E-state index is 12.4. The van der Waals surface area contributed by atoms with Gasteiger partial charge in [-0.25, -0.2) is 0 Å². The molecule has 0 aromatic heterocycles. The first-order valence-corrected chi connectivity index (χ1v) is 6.83. The van der Waals surface area contributed by atoms with Crippen molar-refractivity contribution in [3.05, 3.63) is 28.2 Å². The zero-order valence-corrected chi connectivity index (χ0v) is 12.7. The van der Waals surface area contributed by atoms with Crippen LogP contribution < -0.4 is 11.1 Å². The highest BCUT2D eigenvalue weighted by Crippen LogP contribution is 2.20. The molecule has 0 heterocycles. The smallest absolute Gasteiger partial charge is 0.256 e. The zero-order chi connectivity index (χ0) is 14.4. The summed E-state index contributed by atoms with van der Waals surface area (Å²) < 4.78 is 0.815. The minimum atomic E-state index is -0.226. The fourth-order valence-electron chi connectivity index (χ4n) is 1.67. The number of carbonyl (C=O) groups is 2. The monoisotopic (exact) mass is 327 g/mol. The number of carbonyl (C=O) groups excluding carboxylic acids is 2. The van der Waals surface area contributed by atoms with Gasteiger partial charge in [-0.1, -0.05) is 22.9 Å². The Bertz CT molecular complexity index is 477. The van der Waals surface area contributed by atoms with E-state index in [0.717, 1.165) is 10.9 Å². The third-order valence-corrected chi connectivity index (χ3v) is 3.13. The molecule has 0 aliphatic rings. The van der Waals surface area contributed by atoms with Crippen molar-refractivity contribution in [2.75, 3.05) is 25.9 Å². The number of nitrogens with two attached hydrogens (primary N) is 1. The highest BCUT2D eigenvalue weighted by Gasteiger charge is 2.19. The molecule has 6 heteroatoms. The molecule has 1 aromatic carbocycles. The van der Waals surface area contributed by atoms with Crippen molar-refractivity contribution in [1.29, 1.82) is 0 Å². The Hall–Kier alpha value is -1.56. The number of hydrogen-bond acceptors (Lipinski definition) is 3. The van der Waals surface area contributed by atoms with Gasteiger partial charge in [-0.15, -0.1) is 0 Å². The van der Waals surface area contributed by atoms with E-state index in [1.165, 1.54) is 4.90 Å². The van der Waals surface area contributed by atoms with Crippen LogP contribution >= 0.6 is 15.9 Å². The van der Waals surface area contributed by atoms with Gasteiger partial charge in [-0.3, -0.25) is 9.59 Å². The second kappa shape index (κ2) is 7.13. The Balaban J connectivity index is 2.95. The zero-order valence-electron chi connectivity index (χ0n) is 11.1. The van der Waals surface area contributed by atoms with Crippen molar-refractivity contribution in [2.24, 2.45) is 0 Å². The summed E-state index contributed by atoms with van der Waals surface area (Å²) in [5.74, 6) is -0.423. The van der Waals surface area contributed by atoms with Gasteiger partial charge in [-0.05, 0) is 24.6 Å². The molecule has 1 aromatic rings. The van der Waals surface area contributed by atoms with Crippen molar-refractivity contribution >= 4 is 33.4 Å². The van der Waals surface area contributed by atoms with Crippen molar-refractivity contribution in [3.8, 4) is 0 Å². The molecule has 0 fully saturated rings. The summed E-state index contributed by atoms with van der Waals surface area (Å²) in [6.07, 6.45) is 0.777. The molecule has 0 atom stereocenters. The Morgan fingerprint density at radius 2 is 2.11 bits per heavy atom. The van der Waals surface area contributed by atoms with Crippen molar-refractivity contribution in [3.63, 3.8) is 0 Å². The molecule has 5 nitrogen and oxygen atoms in total. The van der Waals surface area contributed by atoms with Crippen LogP contribution in [0.3, 0.4) is 0 Å². The second-order valence-corrected chi connectivity index (χ2v) is 5.05. The van der Waals surface area contributed by atoms with E-state index in [-0.39, 0.29) is 18.4 Å². The summed E-state index contributed by atoms with van der Waals surface area (Å²) in [4.78, 5) is 25.3. The number of anilines is 1. The highest BCUT2D eigenvalue weighted by atomic mass is 79.9. The fourth-order valence-corrected chi connectivity index (χ4v) is 2.05. The van der Waals surface area contributed by atoms with Crippen molar-refractivity contribution < 1.29 is 9.59 Å². The van der Waals surface area contributed by atoms with Gasteiger partial charge in [0.1, 0.15) is 0 Å². The summed E-state index contributed by atoms with van der Waals surface area (Å²) in [5, 5.41) is 2.51. The highest BCUT2D eigenvalue weighted by molar-refractivity contribution is 9.10. The number of halogens is 1. The molecule has 0 saturated carbocycles. The van der Waals surface area contributed by atoms with E-state index in [4.69, 9.17) is 5.73 Å². The maximum atomic E-state index is 12.4. The number of benzene rings is 1. The van der Waals surface area contributed by atoms with Gasteiger partial charge in [0.2, 0.25) is 5.91 Å². The minimum Gasteiger partial charge on any atom is -0.398 e. The number of likely N-dealkylation sites (N-methyl/N-ethyl adjacent to an activating group) is 1. The molecule has 0 aliphatic heterocycles. The van der Waals surface area contributed by atoms with E-state index in [0.29, 0.717) is 17.8 Å². The number of amides is 2. The molecule has 19 heavy (non-hydrogen) atoms. The Morgan fingerprint density at radius 1 is 1.42 bits per heavy atom. The predicted molar refractivity (Wildman–Crippen MR) is 78.8 cm³/mol. The van der Waals surface area contributed by atoms with Crippen molar-refractivity contribution in [2.45, 2.75) is 13.3 Å². The van der Waals surface area contributed by atoms with E-state index in [1.807, 2.05) is 6.92 Å². The third-order valence-electron chi connectivity index (χ3n) is 2.64. The first-order chi connectivity index (χ1) is 8.99. The van der Waals surface area contributed by atoms with E-state index in [9.17, 15) is 9.59 Å². The first kappa shape index (κ1) is 15.5. The molecule has 3 N–H and O–H groups in total. The quantitative estimate of drug-likeness (QED) is 0.807. The molecule has 1 rings (SSSR count). The first-order valence-electron chi connectivity index (χ1n) is 6.04. The largest absolute Gasteiger partial charge is 0.398 e. The molecule has 0 bridgehead atoms. The molecule has 0 aliphatic carbocycles. The van der Waals surface area contributed by atoms with Gasteiger partial charge in [0.25, 0.3) is 5.91 Å². The molecule has 2 amide bonds. The number of nitrogens with one attached hydrogen (secondary N) is 1. The van der Waals surface area contributed by atoms with Crippen LogP contribution in [0.2, 0.25) is 0 Å². The molecule has 0 spiro atoms. The Labute approximate surface area is 121 Å². The summed E-state index contributed by atoms with van der Waals surface area (Å²) in [5.41, 5.74) is 6.66. The van der Waals surface area contributed by atoms with E-state index in [1.54, 1.807) is 25.2 Å². The Kier molecular flexibility index (Phi) is 5.82. The standard InChI is InChI=1S/C13H18BrN3O2/c1-3-6-17(8-12(18)16-2)13(19)10-5-4-9(14)7-11(10)15/h4-5,7H,3,6,8,15H2,1-2H3,(H,16,18). The normalized spacial score (nSPS) is 10.1. The van der Waals surface area contributed by atoms with E-state index in [2.05, 4.69) is 21.2 Å². The van der Waals surface area contributed by atoms with Crippen LogP contribution in [0.1, 0.15) is 23.7 Å². The van der Waals surface area contributed by atoms with E-state index < -0.39 is 0 Å². The summed E-state index contributed by atoms with van der Waals surface area (Å²) in [6.45, 7) is 2.51. The maximum Gasteiger partial charge on any atom is 0.256 e. The summed E-state index contributed by atoms with van der Waals surface area (Å²) in [7, 11) is 1.55. The van der Waals surface area contributed by atoms with Gasteiger partial charge in [0.05, 0.1) is 12.1 Å². The molecular weight excluding hydrogens is 310 g/mol. The van der Waals surface area contributed by atoms with Gasteiger partial charge in [0, 0.05) is 23.8 Å². The van der Waals surface area contributed by atoms with Crippen LogP contribution in [0.4, 0.5) is 5.69 Å². The lowest BCUT2D eigenvalue weighted by Gasteiger charge is -2.22. The summed E-state index contributed by atoms with van der Waals surface area (Å²) in [6, 6.07) is 5.10. The third kappa shape index (κ3) is 4.24. The van der Waals surface area contributed by atoms with Gasteiger partial charge < -0.3 is 16.0 Å². The average molecular weight is 328 g/mol. The van der Waals surface area contributed by atoms with Crippen LogP contribution in [-0.2, 0) is 4.79 Å². The van der Waals surface area contributed by atoms with Crippen molar-refractivity contribution in [1.82, 2.24) is 10.2 Å². The minimum absolute atomic E-state index is 0.0404. The lowest BCUT2D eigenvalue weighted by molar-refractivity contribution is -0.121. The molecule has 0 unspecified atom stereocenters. The second-order valence-electron chi connectivity index (χ2n) is 4.13. The van der Waals surface area contributed by atoms with Gasteiger partial charge in [-0.2, -0.15) is 0 Å². The fraction of sp³-hybridized carbons (Fsp3) is 0.385. The number of hydrogen-bond donors (Lipinski definition) is 2. The number of rotatable bonds is 5. The topological polar surface area (TPSA) is 75.4 Å². The average Bonchev–Trinajstić information content (AvgIpc) is 2.37. The summed E-state index contributed by atoms with van der Waals surface area (Å²) >= 11 is 3.30. The van der Waals surface area contributed by atoms with Gasteiger partial charge in [0.15, 0.2) is 0 Å². The lowest BCUT2D eigenvalue weighted by atomic mass is 10.1. The Morgan fingerprint density at radius 3 is 2.63 bits per heavy atom. The van der Waals surface area contributed by atoms with Gasteiger partial charge >= 0.3 is 0 Å². The van der Waals surface area contributed by atoms with E-state index >= 15 is 0 Å². The number of nitrogen functional groups attached to an aromatic ring is 1. The lowest BCUT2D eigenvalue weighted by Crippen LogP contribution is -2.40. The molecular formula is C13H18BrN3O2. The van der Waals surface area contributed by atoms with Crippen LogP contribution in [0.5, 0.6) is 0 Å². The number of nitrogens with zero attached hydrogens (tertiary/aromatic N) is 1. The predicted octanol–water partition coefficient (Wildman–Crippen LogP) is 1.63.